The van der Waals surface area contributed by atoms with Gasteiger partial charge in [-0.3, -0.25) is 5.32 Å². The molecule has 0 spiro atoms. The third kappa shape index (κ3) is 3.97. The summed E-state index contributed by atoms with van der Waals surface area (Å²) in [7, 11) is -3.61. The molecule has 0 saturated carbocycles. The van der Waals surface area contributed by atoms with Crippen LogP contribution in [0.4, 0.5) is 9.80 Å². The minimum absolute atomic E-state index is 0.0637. The number of aromatic nitrogens is 1. The number of amides is 2. The molecule has 3 rings (SSSR count). The van der Waals surface area contributed by atoms with E-state index in [0.29, 0.717) is 30.9 Å². The lowest BCUT2D eigenvalue weighted by Gasteiger charge is -2.40. The van der Waals surface area contributed by atoms with Gasteiger partial charge in [0.25, 0.3) is 0 Å². The number of anilines is 1. The molecule has 2 aromatic rings. The highest BCUT2D eigenvalue weighted by molar-refractivity contribution is 7.93. The Labute approximate surface area is 168 Å². The number of piperidine rings is 1. The number of nitrogens with zero attached hydrogens (tertiary/aromatic N) is 2. The molecule has 1 fully saturated rings. The van der Waals surface area contributed by atoms with Crippen molar-refractivity contribution in [1.82, 2.24) is 9.27 Å². The zero-order valence-electron chi connectivity index (χ0n) is 15.2. The van der Waals surface area contributed by atoms with E-state index in [9.17, 15) is 13.2 Å². The first-order valence-electron chi connectivity index (χ1n) is 8.69. The van der Waals surface area contributed by atoms with Crippen molar-refractivity contribution in [2.24, 2.45) is 5.92 Å². The van der Waals surface area contributed by atoms with Crippen molar-refractivity contribution in [1.29, 1.82) is 0 Å². The number of carbonyl (C=O) groups excluding carboxylic acids is 1. The molecule has 0 radical (unpaired) electrons. The van der Waals surface area contributed by atoms with Gasteiger partial charge < -0.3 is 4.90 Å². The molecular weight excluding hydrogens is 406 g/mol. The summed E-state index contributed by atoms with van der Waals surface area (Å²) in [6.45, 7) is 4.53. The molecule has 146 valence electrons. The van der Waals surface area contributed by atoms with E-state index in [0.717, 1.165) is 0 Å². The van der Waals surface area contributed by atoms with E-state index < -0.39 is 14.6 Å². The summed E-state index contributed by atoms with van der Waals surface area (Å²) in [5.74, 6) is -0.0637. The Bertz CT molecular complexity index is 906. The minimum Gasteiger partial charge on any atom is -0.324 e. The Morgan fingerprint density at radius 1 is 1.26 bits per heavy atom. The van der Waals surface area contributed by atoms with E-state index >= 15 is 0 Å². The van der Waals surface area contributed by atoms with Crippen molar-refractivity contribution in [3.8, 4) is 0 Å². The van der Waals surface area contributed by atoms with Gasteiger partial charge in [0.05, 0.1) is 14.7 Å². The lowest BCUT2D eigenvalue weighted by atomic mass is 9.86. The number of benzene rings is 1. The Hall–Kier alpha value is -1.64. The molecule has 9 heteroatoms. The van der Waals surface area contributed by atoms with Crippen molar-refractivity contribution < 1.29 is 13.2 Å². The van der Waals surface area contributed by atoms with E-state index in [-0.39, 0.29) is 21.9 Å². The van der Waals surface area contributed by atoms with Crippen LogP contribution < -0.4 is 5.32 Å². The summed E-state index contributed by atoms with van der Waals surface area (Å²) in [5.41, 5.74) is 0. The van der Waals surface area contributed by atoms with Crippen LogP contribution in [0.2, 0.25) is 5.02 Å². The van der Waals surface area contributed by atoms with E-state index in [1.54, 1.807) is 55.3 Å². The number of nitrogens with one attached hydrogen (secondary N) is 1. The summed E-state index contributed by atoms with van der Waals surface area (Å²) in [4.78, 5) is 14.2. The molecular formula is C18H22ClN3O3S2. The summed E-state index contributed by atoms with van der Waals surface area (Å²) >= 11 is 7.36. The van der Waals surface area contributed by atoms with Crippen LogP contribution in [0.1, 0.15) is 26.7 Å². The molecule has 0 aliphatic carbocycles. The third-order valence-electron chi connectivity index (χ3n) is 5.25. The number of hydrogen-bond donors (Lipinski definition) is 1. The molecule has 1 saturated heterocycles. The van der Waals surface area contributed by atoms with Crippen molar-refractivity contribution in [3.63, 3.8) is 0 Å². The fraction of sp³-hybridized carbons (Fsp3) is 0.444. The van der Waals surface area contributed by atoms with Crippen LogP contribution >= 0.6 is 23.1 Å². The van der Waals surface area contributed by atoms with Crippen LogP contribution in [0.15, 0.2) is 41.4 Å². The fourth-order valence-corrected chi connectivity index (χ4v) is 6.16. The number of rotatable bonds is 4. The summed E-state index contributed by atoms with van der Waals surface area (Å²) < 4.78 is 29.4. The van der Waals surface area contributed by atoms with Gasteiger partial charge in [-0.2, -0.15) is 4.37 Å². The minimum atomic E-state index is -3.61. The van der Waals surface area contributed by atoms with Gasteiger partial charge in [-0.25, -0.2) is 13.2 Å². The second kappa shape index (κ2) is 7.77. The van der Waals surface area contributed by atoms with Crippen LogP contribution in [0.25, 0.3) is 0 Å². The Morgan fingerprint density at radius 2 is 1.93 bits per heavy atom. The number of urea groups is 1. The van der Waals surface area contributed by atoms with Crippen molar-refractivity contribution in [2.75, 3.05) is 18.4 Å². The molecule has 1 aromatic heterocycles. The van der Waals surface area contributed by atoms with Gasteiger partial charge in [-0.1, -0.05) is 23.7 Å². The lowest BCUT2D eigenvalue weighted by molar-refractivity contribution is 0.171. The maximum Gasteiger partial charge on any atom is 0.322 e. The van der Waals surface area contributed by atoms with Crippen molar-refractivity contribution >= 4 is 44.0 Å². The Morgan fingerprint density at radius 3 is 2.52 bits per heavy atom. The first-order valence-corrected chi connectivity index (χ1v) is 11.3. The zero-order valence-corrected chi connectivity index (χ0v) is 17.6. The molecule has 0 unspecified atom stereocenters. The quantitative estimate of drug-likeness (QED) is 0.789. The number of sulfone groups is 1. The summed E-state index contributed by atoms with van der Waals surface area (Å²) in [5, 5.41) is 3.76. The van der Waals surface area contributed by atoms with Crippen molar-refractivity contribution in [2.45, 2.75) is 36.3 Å². The highest BCUT2D eigenvalue weighted by Crippen LogP contribution is 2.39. The maximum absolute atomic E-state index is 13.2. The molecule has 1 aliphatic heterocycles. The predicted octanol–water partition coefficient (Wildman–Crippen LogP) is 4.29. The maximum atomic E-state index is 13.2. The molecule has 27 heavy (non-hydrogen) atoms. The normalized spacial score (nSPS) is 16.3. The molecule has 0 atom stereocenters. The molecule has 1 aliphatic rings. The Kier molecular flexibility index (Phi) is 5.79. The standard InChI is InChI=1S/C18H22ClN3O3S2/c1-18(2,27(24,25)15-6-4-3-5-14(15)19)13-8-11-22(12-9-13)17(23)21-16-7-10-20-26-16/h3-7,10,13H,8-9,11-12H2,1-2H3,(H,21,23). The number of hydrogen-bond acceptors (Lipinski definition) is 5. The molecule has 0 bridgehead atoms. The molecule has 6 nitrogen and oxygen atoms in total. The average molecular weight is 428 g/mol. The number of carbonyl (C=O) groups is 1. The molecule has 2 amide bonds. The molecule has 1 N–H and O–H groups in total. The first kappa shape index (κ1) is 20.1. The second-order valence-corrected chi connectivity index (χ2v) is 10.8. The highest BCUT2D eigenvalue weighted by atomic mass is 35.5. The van der Waals surface area contributed by atoms with Gasteiger partial charge in [0.2, 0.25) is 0 Å². The monoisotopic (exact) mass is 427 g/mol. The van der Waals surface area contributed by atoms with Gasteiger partial charge in [0.15, 0.2) is 9.84 Å². The summed E-state index contributed by atoms with van der Waals surface area (Å²) in [6, 6.07) is 8.11. The van der Waals surface area contributed by atoms with Gasteiger partial charge in [0, 0.05) is 19.3 Å². The smallest absolute Gasteiger partial charge is 0.322 e. The Balaban J connectivity index is 1.69. The van der Waals surface area contributed by atoms with Crippen molar-refractivity contribution in [3.05, 3.63) is 41.6 Å². The van der Waals surface area contributed by atoms with Gasteiger partial charge in [-0.15, -0.1) is 0 Å². The van der Waals surface area contributed by atoms with Crippen LogP contribution in [0, 0.1) is 5.92 Å². The number of halogens is 1. The predicted molar refractivity (Wildman–Crippen MR) is 108 cm³/mol. The van der Waals surface area contributed by atoms with Crippen LogP contribution in [-0.4, -0.2) is 41.6 Å². The van der Waals surface area contributed by atoms with Gasteiger partial charge in [-0.05, 0) is 62.3 Å². The van der Waals surface area contributed by atoms with Crippen LogP contribution in [0.5, 0.6) is 0 Å². The van der Waals surface area contributed by atoms with E-state index in [1.165, 1.54) is 11.5 Å². The van der Waals surface area contributed by atoms with Gasteiger partial charge in [0.1, 0.15) is 5.00 Å². The van der Waals surface area contributed by atoms with Gasteiger partial charge >= 0.3 is 6.03 Å². The van der Waals surface area contributed by atoms with Crippen LogP contribution in [0.3, 0.4) is 0 Å². The van der Waals surface area contributed by atoms with E-state index in [4.69, 9.17) is 11.6 Å². The zero-order chi connectivity index (χ0) is 19.7. The lowest BCUT2D eigenvalue weighted by Crippen LogP contribution is -2.48. The molecule has 1 aromatic carbocycles. The summed E-state index contributed by atoms with van der Waals surface area (Å²) in [6.07, 6.45) is 2.87. The largest absolute Gasteiger partial charge is 0.324 e. The second-order valence-electron chi connectivity index (χ2n) is 7.11. The van der Waals surface area contributed by atoms with E-state index in [2.05, 4.69) is 9.69 Å². The SMILES string of the molecule is CC(C)(C1CCN(C(=O)Nc2ccns2)CC1)S(=O)(=O)c1ccccc1Cl. The molecule has 2 heterocycles. The first-order chi connectivity index (χ1) is 12.7. The van der Waals surface area contributed by atoms with E-state index in [1.807, 2.05) is 0 Å². The topological polar surface area (TPSA) is 79.4 Å². The highest BCUT2D eigenvalue weighted by Gasteiger charge is 2.44. The number of likely N-dealkylation sites (tertiary alicyclic amines) is 1. The average Bonchev–Trinajstić information content (AvgIpc) is 3.15. The fourth-order valence-electron chi connectivity index (χ4n) is 3.41. The third-order valence-corrected chi connectivity index (χ3v) is 9.01. The van der Waals surface area contributed by atoms with Crippen LogP contribution in [-0.2, 0) is 9.84 Å².